The minimum absolute atomic E-state index is 0.375. The first kappa shape index (κ1) is 20.4. The van der Waals surface area contributed by atoms with Crippen molar-refractivity contribution in [2.75, 3.05) is 13.2 Å². The van der Waals surface area contributed by atoms with Gasteiger partial charge in [-0.25, -0.2) is 0 Å². The number of nitrogens with zero attached hydrogens (tertiary/aromatic N) is 2. The van der Waals surface area contributed by atoms with Crippen molar-refractivity contribution in [3.05, 3.63) is 70.9 Å². The van der Waals surface area contributed by atoms with Crippen LogP contribution >= 0.6 is 11.6 Å². The number of halogens is 1. The van der Waals surface area contributed by atoms with Gasteiger partial charge < -0.3 is 14.4 Å². The number of hydrogen-bond acceptors (Lipinski definition) is 5. The summed E-state index contributed by atoms with van der Waals surface area (Å²) in [5.74, 6) is 0.776. The van der Waals surface area contributed by atoms with Crippen LogP contribution in [0.2, 0.25) is 5.02 Å². The van der Waals surface area contributed by atoms with Crippen LogP contribution in [0.15, 0.2) is 59.1 Å². The summed E-state index contributed by atoms with van der Waals surface area (Å²) in [5.41, 5.74) is 2.74. The van der Waals surface area contributed by atoms with Crippen LogP contribution in [-0.4, -0.2) is 40.3 Å². The van der Waals surface area contributed by atoms with E-state index in [4.69, 9.17) is 20.9 Å². The van der Waals surface area contributed by atoms with Crippen molar-refractivity contribution < 1.29 is 19.2 Å². The monoisotopic (exact) mass is 426 g/mol. The van der Waals surface area contributed by atoms with E-state index in [2.05, 4.69) is 5.16 Å². The molecule has 30 heavy (non-hydrogen) atoms. The maximum atomic E-state index is 11.3. The molecule has 6 nitrogen and oxygen atoms in total. The zero-order valence-corrected chi connectivity index (χ0v) is 17.2. The molecule has 1 fully saturated rings. The van der Waals surface area contributed by atoms with E-state index in [1.54, 1.807) is 0 Å². The van der Waals surface area contributed by atoms with Crippen molar-refractivity contribution in [2.24, 2.45) is 0 Å². The van der Waals surface area contributed by atoms with Gasteiger partial charge >= 0.3 is 5.97 Å². The number of carbonyl (C=O) groups is 1. The van der Waals surface area contributed by atoms with Crippen LogP contribution in [0.4, 0.5) is 0 Å². The Morgan fingerprint density at radius 1 is 1.23 bits per heavy atom. The van der Waals surface area contributed by atoms with Crippen molar-refractivity contribution in [3.8, 4) is 17.0 Å². The third-order valence-electron chi connectivity index (χ3n) is 5.25. The molecule has 0 radical (unpaired) electrons. The van der Waals surface area contributed by atoms with Gasteiger partial charge in [0, 0.05) is 29.6 Å². The maximum Gasteiger partial charge on any atom is 0.320 e. The molecule has 0 saturated carbocycles. The van der Waals surface area contributed by atoms with Gasteiger partial charge in [0.1, 0.15) is 23.2 Å². The number of rotatable bonds is 8. The van der Waals surface area contributed by atoms with Crippen molar-refractivity contribution in [1.29, 1.82) is 0 Å². The van der Waals surface area contributed by atoms with E-state index in [0.29, 0.717) is 24.6 Å². The van der Waals surface area contributed by atoms with E-state index < -0.39 is 5.97 Å². The molecule has 156 valence electrons. The minimum Gasteiger partial charge on any atom is -0.493 e. The Hall–Kier alpha value is -2.83. The van der Waals surface area contributed by atoms with Crippen LogP contribution in [0, 0.1) is 0 Å². The fraction of sp³-hybridized carbons (Fsp3) is 0.304. The summed E-state index contributed by atoms with van der Waals surface area (Å²) < 4.78 is 11.2. The Morgan fingerprint density at radius 2 is 2.07 bits per heavy atom. The summed E-state index contributed by atoms with van der Waals surface area (Å²) in [4.78, 5) is 13.3. The number of hydrogen-bond donors (Lipinski definition) is 1. The molecule has 2 aromatic carbocycles. The molecule has 1 N–H and O–H groups in total. The van der Waals surface area contributed by atoms with Crippen LogP contribution in [0.3, 0.4) is 0 Å². The molecule has 0 bridgehead atoms. The molecular weight excluding hydrogens is 404 g/mol. The number of benzene rings is 2. The second kappa shape index (κ2) is 9.32. The zero-order chi connectivity index (χ0) is 20.9. The predicted molar refractivity (Wildman–Crippen MR) is 114 cm³/mol. The summed E-state index contributed by atoms with van der Waals surface area (Å²) in [7, 11) is 0. The number of aliphatic carboxylic acids is 1. The third kappa shape index (κ3) is 5.01. The quantitative estimate of drug-likeness (QED) is 0.564. The highest BCUT2D eigenvalue weighted by Gasteiger charge is 2.30. The third-order valence-corrected chi connectivity index (χ3v) is 5.49. The predicted octanol–water partition coefficient (Wildman–Crippen LogP) is 4.67. The van der Waals surface area contributed by atoms with Gasteiger partial charge in [-0.05, 0) is 49.2 Å². The molecule has 1 aliphatic heterocycles. The van der Waals surface area contributed by atoms with Crippen molar-refractivity contribution in [2.45, 2.75) is 31.8 Å². The van der Waals surface area contributed by atoms with Gasteiger partial charge in [-0.15, -0.1) is 0 Å². The van der Waals surface area contributed by atoms with Crippen LogP contribution in [0.5, 0.6) is 5.75 Å². The Morgan fingerprint density at radius 3 is 2.83 bits per heavy atom. The lowest BCUT2D eigenvalue weighted by molar-refractivity contribution is -0.142. The highest BCUT2D eigenvalue weighted by molar-refractivity contribution is 6.30. The van der Waals surface area contributed by atoms with Gasteiger partial charge in [0.2, 0.25) is 0 Å². The molecule has 1 aliphatic rings. The Kier molecular flexibility index (Phi) is 6.35. The highest BCUT2D eigenvalue weighted by Crippen LogP contribution is 2.23. The second-order valence-electron chi connectivity index (χ2n) is 7.40. The van der Waals surface area contributed by atoms with Crippen molar-refractivity contribution >= 4 is 17.6 Å². The fourth-order valence-electron chi connectivity index (χ4n) is 3.70. The van der Waals surface area contributed by atoms with E-state index in [0.717, 1.165) is 47.7 Å². The van der Waals surface area contributed by atoms with Gasteiger partial charge in [0.25, 0.3) is 0 Å². The number of ether oxygens (including phenoxy) is 1. The molecule has 0 aliphatic carbocycles. The van der Waals surface area contributed by atoms with Crippen LogP contribution in [0.1, 0.15) is 24.2 Å². The summed E-state index contributed by atoms with van der Waals surface area (Å²) in [6, 6.07) is 16.8. The number of likely N-dealkylation sites (tertiary alicyclic amines) is 1. The number of aromatic nitrogens is 1. The average molecular weight is 427 g/mol. The van der Waals surface area contributed by atoms with Crippen molar-refractivity contribution in [1.82, 2.24) is 10.1 Å². The Labute approximate surface area is 180 Å². The lowest BCUT2D eigenvalue weighted by atomic mass is 10.1. The molecule has 7 heteroatoms. The molecule has 0 amide bonds. The summed E-state index contributed by atoms with van der Waals surface area (Å²) in [6.45, 7) is 1.93. The topological polar surface area (TPSA) is 75.8 Å². The largest absolute Gasteiger partial charge is 0.493 e. The lowest BCUT2D eigenvalue weighted by Crippen LogP contribution is -2.35. The standard InChI is InChI=1S/C23H23ClN2O4/c24-18-4-1-3-17(13-18)21-14-20(30-25-21)10-12-29-19-8-6-16(7-9-19)15-26-11-2-5-22(26)23(27)28/h1,3-4,6-9,13-14,22H,2,5,10-12,15H2,(H,27,28)/t22-/m0/s1. The molecule has 4 rings (SSSR count). The summed E-state index contributed by atoms with van der Waals surface area (Å²) >= 11 is 6.03. The second-order valence-corrected chi connectivity index (χ2v) is 7.83. The van der Waals surface area contributed by atoms with E-state index >= 15 is 0 Å². The normalized spacial score (nSPS) is 16.6. The SMILES string of the molecule is O=C(O)[C@@H]1CCCN1Cc1ccc(OCCc2cc(-c3cccc(Cl)c3)no2)cc1. The van der Waals surface area contributed by atoms with Gasteiger partial charge in [0.15, 0.2) is 0 Å². The van der Waals surface area contributed by atoms with E-state index in [9.17, 15) is 9.90 Å². The molecule has 0 spiro atoms. The van der Waals surface area contributed by atoms with E-state index in [-0.39, 0.29) is 6.04 Å². The van der Waals surface area contributed by atoms with Crippen LogP contribution < -0.4 is 4.74 Å². The smallest absolute Gasteiger partial charge is 0.320 e. The van der Waals surface area contributed by atoms with Crippen LogP contribution in [-0.2, 0) is 17.8 Å². The fourth-order valence-corrected chi connectivity index (χ4v) is 3.90. The first-order valence-corrected chi connectivity index (χ1v) is 10.4. The zero-order valence-electron chi connectivity index (χ0n) is 16.5. The lowest BCUT2D eigenvalue weighted by Gasteiger charge is -2.21. The van der Waals surface area contributed by atoms with Crippen molar-refractivity contribution in [3.63, 3.8) is 0 Å². The van der Waals surface area contributed by atoms with Crippen LogP contribution in [0.25, 0.3) is 11.3 Å². The Bertz CT molecular complexity index is 1000. The molecule has 2 heterocycles. The first-order chi connectivity index (χ1) is 14.6. The summed E-state index contributed by atoms with van der Waals surface area (Å²) in [5, 5.41) is 14.1. The summed E-state index contributed by atoms with van der Waals surface area (Å²) in [6.07, 6.45) is 2.25. The number of carboxylic acids is 1. The maximum absolute atomic E-state index is 11.3. The number of carboxylic acid groups (broad SMARTS) is 1. The molecule has 1 saturated heterocycles. The highest BCUT2D eigenvalue weighted by atomic mass is 35.5. The first-order valence-electron chi connectivity index (χ1n) is 9.98. The van der Waals surface area contributed by atoms with Gasteiger partial charge in [-0.1, -0.05) is 41.0 Å². The Balaban J connectivity index is 1.27. The molecule has 1 aromatic heterocycles. The molecule has 1 atom stereocenters. The minimum atomic E-state index is -0.738. The van der Waals surface area contributed by atoms with Gasteiger partial charge in [-0.3, -0.25) is 9.69 Å². The molecule has 3 aromatic rings. The molecular formula is C23H23ClN2O4. The average Bonchev–Trinajstić information content (AvgIpc) is 3.39. The van der Waals surface area contributed by atoms with E-state index in [1.165, 1.54) is 0 Å². The molecule has 0 unspecified atom stereocenters. The van der Waals surface area contributed by atoms with Gasteiger partial charge in [0.05, 0.1) is 6.61 Å². The van der Waals surface area contributed by atoms with E-state index in [1.807, 2.05) is 59.5 Å². The van der Waals surface area contributed by atoms with Gasteiger partial charge in [-0.2, -0.15) is 0 Å².